The van der Waals surface area contributed by atoms with Gasteiger partial charge in [0.15, 0.2) is 0 Å². The van der Waals surface area contributed by atoms with E-state index in [0.29, 0.717) is 16.1 Å². The van der Waals surface area contributed by atoms with Crippen molar-refractivity contribution >= 4 is 28.9 Å². The van der Waals surface area contributed by atoms with E-state index in [-0.39, 0.29) is 0 Å². The van der Waals surface area contributed by atoms with Gasteiger partial charge in [-0.2, -0.15) is 0 Å². The van der Waals surface area contributed by atoms with Gasteiger partial charge in [-0.05, 0) is 25.0 Å². The van der Waals surface area contributed by atoms with Crippen LogP contribution in [0.1, 0.15) is 12.8 Å². The molecule has 1 N–H and O–H groups in total. The summed E-state index contributed by atoms with van der Waals surface area (Å²) in [6, 6.07) is 6.08. The van der Waals surface area contributed by atoms with E-state index in [4.69, 9.17) is 27.9 Å². The Balaban J connectivity index is 2.06. The molecule has 0 amide bonds. The molecule has 1 aliphatic rings. The lowest BCUT2D eigenvalue weighted by molar-refractivity contribution is 0.0904. The maximum Gasteiger partial charge on any atom is 0.0823 e. The van der Waals surface area contributed by atoms with Crippen LogP contribution in [-0.4, -0.2) is 19.3 Å². The van der Waals surface area contributed by atoms with Crippen molar-refractivity contribution in [2.24, 2.45) is 0 Å². The minimum atomic E-state index is 0.440. The van der Waals surface area contributed by atoms with Gasteiger partial charge in [-0.25, -0.2) is 0 Å². The van der Waals surface area contributed by atoms with Gasteiger partial charge in [0.25, 0.3) is 0 Å². The summed E-state index contributed by atoms with van der Waals surface area (Å²) in [6.45, 7) is 1.63. The summed E-state index contributed by atoms with van der Waals surface area (Å²) < 4.78 is 5.29. The zero-order valence-electron chi connectivity index (χ0n) is 8.30. The lowest BCUT2D eigenvalue weighted by Gasteiger charge is -2.24. The monoisotopic (exact) mass is 245 g/mol. The molecule has 0 radical (unpaired) electrons. The Bertz CT molecular complexity index is 337. The van der Waals surface area contributed by atoms with Gasteiger partial charge in [0.2, 0.25) is 0 Å². The number of rotatable bonds is 2. The fraction of sp³-hybridized carbons (Fsp3) is 0.455. The molecule has 2 nitrogen and oxygen atoms in total. The van der Waals surface area contributed by atoms with Crippen LogP contribution in [-0.2, 0) is 4.74 Å². The Morgan fingerprint density at radius 3 is 2.67 bits per heavy atom. The SMILES string of the molecule is Clc1cccc(NC2CCOCC2)c1Cl. The molecule has 4 heteroatoms. The second-order valence-electron chi connectivity index (χ2n) is 3.63. The number of nitrogens with one attached hydrogen (secondary N) is 1. The third-order valence-corrected chi connectivity index (χ3v) is 3.35. The average Bonchev–Trinajstić information content (AvgIpc) is 2.26. The fourth-order valence-electron chi connectivity index (χ4n) is 1.68. The van der Waals surface area contributed by atoms with Crippen molar-refractivity contribution in [3.05, 3.63) is 28.2 Å². The third kappa shape index (κ3) is 2.77. The largest absolute Gasteiger partial charge is 0.381 e. The molecule has 0 spiro atoms. The number of hydrogen-bond acceptors (Lipinski definition) is 2. The Kier molecular flexibility index (Phi) is 3.73. The predicted octanol–water partition coefficient (Wildman–Crippen LogP) is 3.58. The zero-order chi connectivity index (χ0) is 10.7. The average molecular weight is 246 g/mol. The molecule has 1 aromatic rings. The van der Waals surface area contributed by atoms with Gasteiger partial charge in [-0.15, -0.1) is 0 Å². The summed E-state index contributed by atoms with van der Waals surface area (Å²) in [5.74, 6) is 0. The van der Waals surface area contributed by atoms with Crippen LogP contribution >= 0.6 is 23.2 Å². The van der Waals surface area contributed by atoms with Crippen molar-refractivity contribution in [2.45, 2.75) is 18.9 Å². The topological polar surface area (TPSA) is 21.3 Å². The molecule has 0 atom stereocenters. The molecule has 0 aliphatic carbocycles. The van der Waals surface area contributed by atoms with Crippen molar-refractivity contribution < 1.29 is 4.74 Å². The van der Waals surface area contributed by atoms with E-state index in [1.54, 1.807) is 6.07 Å². The highest BCUT2D eigenvalue weighted by molar-refractivity contribution is 6.43. The van der Waals surface area contributed by atoms with Gasteiger partial charge in [-0.3, -0.25) is 0 Å². The quantitative estimate of drug-likeness (QED) is 0.861. The molecule has 0 bridgehead atoms. The summed E-state index contributed by atoms with van der Waals surface area (Å²) in [7, 11) is 0. The second-order valence-corrected chi connectivity index (χ2v) is 4.42. The molecule has 1 heterocycles. The Hall–Kier alpha value is -0.440. The van der Waals surface area contributed by atoms with Crippen LogP contribution < -0.4 is 5.32 Å². The first kappa shape index (κ1) is 11.1. The van der Waals surface area contributed by atoms with Gasteiger partial charge < -0.3 is 10.1 Å². The molecular weight excluding hydrogens is 233 g/mol. The highest BCUT2D eigenvalue weighted by Crippen LogP contribution is 2.30. The van der Waals surface area contributed by atoms with Crippen LogP contribution in [0.25, 0.3) is 0 Å². The maximum absolute atomic E-state index is 6.09. The van der Waals surface area contributed by atoms with E-state index < -0.39 is 0 Å². The van der Waals surface area contributed by atoms with Crippen LogP contribution in [0.15, 0.2) is 18.2 Å². The first-order valence-electron chi connectivity index (χ1n) is 5.05. The Morgan fingerprint density at radius 2 is 1.93 bits per heavy atom. The molecule has 1 aliphatic heterocycles. The van der Waals surface area contributed by atoms with Gasteiger partial charge in [0.1, 0.15) is 0 Å². The number of ether oxygens (including phenoxy) is 1. The number of halogens is 2. The molecule has 0 unspecified atom stereocenters. The molecule has 1 fully saturated rings. The molecule has 2 rings (SSSR count). The molecule has 0 saturated carbocycles. The van der Waals surface area contributed by atoms with Crippen LogP contribution in [0, 0.1) is 0 Å². The van der Waals surface area contributed by atoms with E-state index in [9.17, 15) is 0 Å². The molecule has 1 saturated heterocycles. The van der Waals surface area contributed by atoms with Gasteiger partial charge in [0, 0.05) is 19.3 Å². The van der Waals surface area contributed by atoms with Gasteiger partial charge in [0.05, 0.1) is 15.7 Å². The van der Waals surface area contributed by atoms with E-state index in [2.05, 4.69) is 5.32 Å². The first-order valence-corrected chi connectivity index (χ1v) is 5.81. The summed E-state index contributed by atoms with van der Waals surface area (Å²) in [6.07, 6.45) is 2.03. The lowest BCUT2D eigenvalue weighted by Crippen LogP contribution is -2.27. The van der Waals surface area contributed by atoms with Crippen LogP contribution in [0.2, 0.25) is 10.0 Å². The molecule has 82 valence electrons. The van der Waals surface area contributed by atoms with E-state index >= 15 is 0 Å². The van der Waals surface area contributed by atoms with Crippen LogP contribution in [0.4, 0.5) is 5.69 Å². The second kappa shape index (κ2) is 5.06. The van der Waals surface area contributed by atoms with Crippen LogP contribution in [0.3, 0.4) is 0 Å². The van der Waals surface area contributed by atoms with Crippen molar-refractivity contribution in [3.8, 4) is 0 Å². The van der Waals surface area contributed by atoms with Crippen molar-refractivity contribution in [2.75, 3.05) is 18.5 Å². The smallest absolute Gasteiger partial charge is 0.0823 e. The fourth-order valence-corrected chi connectivity index (χ4v) is 2.03. The maximum atomic E-state index is 6.09. The first-order chi connectivity index (χ1) is 7.27. The normalized spacial score (nSPS) is 17.7. The molecule has 15 heavy (non-hydrogen) atoms. The highest BCUT2D eigenvalue weighted by Gasteiger charge is 2.14. The van der Waals surface area contributed by atoms with Crippen LogP contribution in [0.5, 0.6) is 0 Å². The standard InChI is InChI=1S/C11H13Cl2NO/c12-9-2-1-3-10(11(9)13)14-8-4-6-15-7-5-8/h1-3,8,14H,4-7H2. The Labute approximate surface area is 99.5 Å². The predicted molar refractivity (Wildman–Crippen MR) is 63.9 cm³/mol. The summed E-state index contributed by atoms with van der Waals surface area (Å²) in [5, 5.41) is 4.59. The van der Waals surface area contributed by atoms with Gasteiger partial charge >= 0.3 is 0 Å². The Morgan fingerprint density at radius 1 is 1.20 bits per heavy atom. The van der Waals surface area contributed by atoms with Gasteiger partial charge in [-0.1, -0.05) is 29.3 Å². The summed E-state index contributed by atoms with van der Waals surface area (Å²) in [5.41, 5.74) is 0.913. The highest BCUT2D eigenvalue weighted by atomic mass is 35.5. The van der Waals surface area contributed by atoms with E-state index in [1.807, 2.05) is 12.1 Å². The summed E-state index contributed by atoms with van der Waals surface area (Å²) >= 11 is 12.0. The molecular formula is C11H13Cl2NO. The van der Waals surface area contributed by atoms with Crippen molar-refractivity contribution in [1.82, 2.24) is 0 Å². The minimum absolute atomic E-state index is 0.440. The number of benzene rings is 1. The lowest BCUT2D eigenvalue weighted by atomic mass is 10.1. The van der Waals surface area contributed by atoms with E-state index in [1.165, 1.54) is 0 Å². The minimum Gasteiger partial charge on any atom is -0.381 e. The molecule has 1 aromatic carbocycles. The van der Waals surface area contributed by atoms with Crippen molar-refractivity contribution in [1.29, 1.82) is 0 Å². The number of anilines is 1. The molecule has 0 aromatic heterocycles. The number of hydrogen-bond donors (Lipinski definition) is 1. The summed E-state index contributed by atoms with van der Waals surface area (Å²) in [4.78, 5) is 0. The third-order valence-electron chi connectivity index (χ3n) is 2.53. The van der Waals surface area contributed by atoms with E-state index in [0.717, 1.165) is 31.7 Å². The van der Waals surface area contributed by atoms with Crippen molar-refractivity contribution in [3.63, 3.8) is 0 Å². The zero-order valence-corrected chi connectivity index (χ0v) is 9.81.